The number of likely N-dealkylation sites (N-methyl/N-ethyl adjacent to an activating group) is 1. The van der Waals surface area contributed by atoms with Crippen molar-refractivity contribution >= 4 is 11.8 Å². The lowest BCUT2D eigenvalue weighted by atomic mass is 10.3. The van der Waals surface area contributed by atoms with Gasteiger partial charge in [0.25, 0.3) is 0 Å². The summed E-state index contributed by atoms with van der Waals surface area (Å²) in [5, 5.41) is 24.1. The molecule has 1 aromatic rings. The minimum Gasteiger partial charge on any atom is -0.315 e. The first kappa shape index (κ1) is 13.9. The summed E-state index contributed by atoms with van der Waals surface area (Å²) >= 11 is 1.65. The quantitative estimate of drug-likeness (QED) is 0.524. The lowest BCUT2D eigenvalue weighted by molar-refractivity contribution is 0.517. The molecular weight excluding hydrogens is 236 g/mol. The second kappa shape index (κ2) is 8.96. The molecule has 0 aromatic carbocycles. The standard InChI is InChI=1S/C10H18N6S/c1-2-12-7-8-16-10(13-14-15-16)17-9-5-3-4-6-11/h12H,2-5,7-9H2,1H3. The summed E-state index contributed by atoms with van der Waals surface area (Å²) in [4.78, 5) is 0. The Hall–Kier alpha value is -1.13. The zero-order chi connectivity index (χ0) is 12.3. The third kappa shape index (κ3) is 5.65. The Labute approximate surface area is 106 Å². The summed E-state index contributed by atoms with van der Waals surface area (Å²) in [7, 11) is 0. The third-order valence-electron chi connectivity index (χ3n) is 2.16. The van der Waals surface area contributed by atoms with Crippen LogP contribution >= 0.6 is 11.8 Å². The molecule has 0 radical (unpaired) electrons. The Morgan fingerprint density at radius 2 is 2.35 bits per heavy atom. The Balaban J connectivity index is 2.23. The van der Waals surface area contributed by atoms with E-state index >= 15 is 0 Å². The zero-order valence-corrected chi connectivity index (χ0v) is 10.9. The maximum Gasteiger partial charge on any atom is 0.209 e. The average Bonchev–Trinajstić information content (AvgIpc) is 2.77. The number of tetrazole rings is 1. The van der Waals surface area contributed by atoms with Gasteiger partial charge < -0.3 is 5.32 Å². The fourth-order valence-corrected chi connectivity index (χ4v) is 2.17. The van der Waals surface area contributed by atoms with Crippen LogP contribution in [0.2, 0.25) is 0 Å². The van der Waals surface area contributed by atoms with Gasteiger partial charge in [0.2, 0.25) is 5.16 Å². The van der Waals surface area contributed by atoms with Gasteiger partial charge in [-0.05, 0) is 29.8 Å². The van der Waals surface area contributed by atoms with Crippen LogP contribution in [0.5, 0.6) is 0 Å². The molecule has 0 aliphatic rings. The van der Waals surface area contributed by atoms with Crippen LogP contribution in [0, 0.1) is 11.3 Å². The Bertz CT molecular complexity index is 345. The Kier molecular flexibility index (Phi) is 7.34. The van der Waals surface area contributed by atoms with Gasteiger partial charge >= 0.3 is 0 Å². The average molecular weight is 254 g/mol. The molecule has 0 spiro atoms. The Morgan fingerprint density at radius 3 is 3.12 bits per heavy atom. The molecule has 0 amide bonds. The maximum atomic E-state index is 8.41. The first-order valence-electron chi connectivity index (χ1n) is 5.85. The van der Waals surface area contributed by atoms with Crippen molar-refractivity contribution in [2.45, 2.75) is 37.9 Å². The van der Waals surface area contributed by atoms with Gasteiger partial charge in [0.05, 0.1) is 12.6 Å². The highest BCUT2D eigenvalue weighted by Gasteiger charge is 2.05. The first-order chi connectivity index (χ1) is 8.38. The fraction of sp³-hybridized carbons (Fsp3) is 0.800. The molecule has 1 aromatic heterocycles. The first-order valence-corrected chi connectivity index (χ1v) is 6.83. The van der Waals surface area contributed by atoms with Crippen molar-refractivity contribution in [2.24, 2.45) is 0 Å². The van der Waals surface area contributed by atoms with E-state index in [0.29, 0.717) is 6.42 Å². The van der Waals surface area contributed by atoms with E-state index in [9.17, 15) is 0 Å². The van der Waals surface area contributed by atoms with Crippen molar-refractivity contribution in [3.05, 3.63) is 0 Å². The maximum absolute atomic E-state index is 8.41. The van der Waals surface area contributed by atoms with Crippen molar-refractivity contribution in [1.29, 1.82) is 5.26 Å². The smallest absolute Gasteiger partial charge is 0.209 e. The Morgan fingerprint density at radius 1 is 1.47 bits per heavy atom. The molecule has 1 N–H and O–H groups in total. The van der Waals surface area contributed by atoms with E-state index in [-0.39, 0.29) is 0 Å². The number of nitriles is 1. The molecule has 7 heteroatoms. The molecule has 0 saturated carbocycles. The highest BCUT2D eigenvalue weighted by Crippen LogP contribution is 2.15. The van der Waals surface area contributed by atoms with Crippen LogP contribution in [0.1, 0.15) is 26.2 Å². The van der Waals surface area contributed by atoms with Gasteiger partial charge in [-0.3, -0.25) is 0 Å². The van der Waals surface area contributed by atoms with Gasteiger partial charge in [-0.15, -0.1) is 5.10 Å². The number of nitrogens with zero attached hydrogens (tertiary/aromatic N) is 5. The SMILES string of the molecule is CCNCCn1nnnc1SCCCCC#N. The summed E-state index contributed by atoms with van der Waals surface area (Å²) in [5.41, 5.74) is 0. The highest BCUT2D eigenvalue weighted by molar-refractivity contribution is 7.99. The number of rotatable bonds is 9. The number of thioether (sulfide) groups is 1. The monoisotopic (exact) mass is 254 g/mol. The van der Waals surface area contributed by atoms with Crippen molar-refractivity contribution in [1.82, 2.24) is 25.5 Å². The summed E-state index contributed by atoms with van der Waals surface area (Å²) in [6, 6.07) is 2.14. The van der Waals surface area contributed by atoms with E-state index in [1.807, 2.05) is 4.68 Å². The lowest BCUT2D eigenvalue weighted by Crippen LogP contribution is -2.20. The number of nitrogens with one attached hydrogen (secondary N) is 1. The molecule has 1 heterocycles. The molecule has 0 fully saturated rings. The van der Waals surface area contributed by atoms with Crippen LogP contribution in [0.15, 0.2) is 5.16 Å². The summed E-state index contributed by atoms with van der Waals surface area (Å²) in [5.74, 6) is 0.962. The topological polar surface area (TPSA) is 79.4 Å². The molecule has 1 rings (SSSR count). The molecule has 17 heavy (non-hydrogen) atoms. The van der Waals surface area contributed by atoms with E-state index in [0.717, 1.165) is 43.4 Å². The van der Waals surface area contributed by atoms with Gasteiger partial charge in [-0.1, -0.05) is 18.7 Å². The van der Waals surface area contributed by atoms with Gasteiger partial charge in [0, 0.05) is 18.7 Å². The highest BCUT2D eigenvalue weighted by atomic mass is 32.2. The predicted octanol–water partition coefficient (Wildman–Crippen LogP) is 1.07. The lowest BCUT2D eigenvalue weighted by Gasteiger charge is -2.04. The summed E-state index contributed by atoms with van der Waals surface area (Å²) in [6.07, 6.45) is 2.60. The largest absolute Gasteiger partial charge is 0.315 e. The van der Waals surface area contributed by atoms with Gasteiger partial charge in [0.1, 0.15) is 0 Å². The number of hydrogen-bond donors (Lipinski definition) is 1. The number of aromatic nitrogens is 4. The van der Waals surface area contributed by atoms with Gasteiger partial charge in [-0.2, -0.15) is 5.26 Å². The van der Waals surface area contributed by atoms with Gasteiger partial charge in [0.15, 0.2) is 0 Å². The molecule has 0 aliphatic heterocycles. The number of unbranched alkanes of at least 4 members (excludes halogenated alkanes) is 2. The van der Waals surface area contributed by atoms with E-state index in [1.165, 1.54) is 0 Å². The van der Waals surface area contributed by atoms with Crippen LogP contribution in [0.3, 0.4) is 0 Å². The van der Waals surface area contributed by atoms with Crippen molar-refractivity contribution < 1.29 is 0 Å². The molecule has 94 valence electrons. The van der Waals surface area contributed by atoms with Crippen LogP contribution in [-0.4, -0.2) is 39.0 Å². The van der Waals surface area contributed by atoms with Gasteiger partial charge in [-0.25, -0.2) is 4.68 Å². The molecule has 0 bridgehead atoms. The summed E-state index contributed by atoms with van der Waals surface area (Å²) < 4.78 is 1.82. The second-order valence-corrected chi connectivity index (χ2v) is 4.56. The summed E-state index contributed by atoms with van der Waals surface area (Å²) in [6.45, 7) is 4.70. The van der Waals surface area contributed by atoms with Crippen LogP contribution in [0.25, 0.3) is 0 Å². The number of hydrogen-bond acceptors (Lipinski definition) is 6. The van der Waals surface area contributed by atoms with Crippen LogP contribution in [0.4, 0.5) is 0 Å². The molecule has 0 unspecified atom stereocenters. The van der Waals surface area contributed by atoms with Crippen LogP contribution < -0.4 is 5.32 Å². The van der Waals surface area contributed by atoms with Crippen LogP contribution in [-0.2, 0) is 6.54 Å². The van der Waals surface area contributed by atoms with Crippen molar-refractivity contribution in [3.63, 3.8) is 0 Å². The molecule has 0 aliphatic carbocycles. The van der Waals surface area contributed by atoms with Crippen molar-refractivity contribution in [2.75, 3.05) is 18.8 Å². The second-order valence-electron chi connectivity index (χ2n) is 3.50. The predicted molar refractivity (Wildman–Crippen MR) is 66.5 cm³/mol. The molecule has 6 nitrogen and oxygen atoms in total. The minimum absolute atomic E-state index is 0.631. The third-order valence-corrected chi connectivity index (χ3v) is 3.21. The minimum atomic E-state index is 0.631. The normalized spacial score (nSPS) is 10.4. The van der Waals surface area contributed by atoms with E-state index in [2.05, 4.69) is 33.8 Å². The molecular formula is C10H18N6S. The fourth-order valence-electron chi connectivity index (χ4n) is 1.27. The van der Waals surface area contributed by atoms with E-state index in [4.69, 9.17) is 5.26 Å². The van der Waals surface area contributed by atoms with E-state index in [1.54, 1.807) is 11.8 Å². The molecule has 0 saturated heterocycles. The van der Waals surface area contributed by atoms with E-state index < -0.39 is 0 Å². The van der Waals surface area contributed by atoms with Crippen molar-refractivity contribution in [3.8, 4) is 6.07 Å². The zero-order valence-electron chi connectivity index (χ0n) is 10.1. The molecule has 0 atom stereocenters.